The van der Waals surface area contributed by atoms with Crippen molar-refractivity contribution in [3.8, 4) is 0 Å². The van der Waals surface area contributed by atoms with Gasteiger partial charge in [0.05, 0.1) is 13.0 Å². The Bertz CT molecular complexity index is 120. The van der Waals surface area contributed by atoms with E-state index < -0.39 is 0 Å². The molecule has 1 saturated heterocycles. The normalized spacial score (nSPS) is 26.9. The molecule has 0 N–H and O–H groups in total. The standard InChI is InChI=1S/C7H12O3/c1-2-9-7-5-6(8)3-4-10-7/h7H,2-5H2,1H3. The fourth-order valence-electron chi connectivity index (χ4n) is 0.944. The quantitative estimate of drug-likeness (QED) is 0.573. The average molecular weight is 144 g/mol. The van der Waals surface area contributed by atoms with Gasteiger partial charge >= 0.3 is 0 Å². The van der Waals surface area contributed by atoms with Gasteiger partial charge in [-0.1, -0.05) is 0 Å². The number of hydrogen-bond acceptors (Lipinski definition) is 3. The van der Waals surface area contributed by atoms with Crippen LogP contribution in [0.3, 0.4) is 0 Å². The third kappa shape index (κ3) is 2.08. The van der Waals surface area contributed by atoms with Crippen LogP contribution < -0.4 is 0 Å². The lowest BCUT2D eigenvalue weighted by Crippen LogP contribution is -2.27. The summed E-state index contributed by atoms with van der Waals surface area (Å²) >= 11 is 0. The summed E-state index contributed by atoms with van der Waals surface area (Å²) in [5.74, 6) is 0.240. The van der Waals surface area contributed by atoms with Gasteiger partial charge in [0.1, 0.15) is 5.78 Å². The van der Waals surface area contributed by atoms with Crippen molar-refractivity contribution < 1.29 is 14.3 Å². The molecule has 0 aromatic rings. The summed E-state index contributed by atoms with van der Waals surface area (Å²) in [6, 6.07) is 0. The third-order valence-electron chi connectivity index (χ3n) is 1.43. The molecule has 1 rings (SSSR count). The zero-order chi connectivity index (χ0) is 7.40. The van der Waals surface area contributed by atoms with E-state index in [0.717, 1.165) is 0 Å². The second kappa shape index (κ2) is 3.68. The molecule has 1 fully saturated rings. The van der Waals surface area contributed by atoms with E-state index in [1.807, 2.05) is 6.92 Å². The molecule has 10 heavy (non-hydrogen) atoms. The van der Waals surface area contributed by atoms with E-state index in [9.17, 15) is 4.79 Å². The minimum absolute atomic E-state index is 0.240. The lowest BCUT2D eigenvalue weighted by molar-refractivity contribution is -0.169. The van der Waals surface area contributed by atoms with Crippen LogP contribution in [0.4, 0.5) is 0 Å². The Kier molecular flexibility index (Phi) is 2.83. The Balaban J connectivity index is 2.25. The van der Waals surface area contributed by atoms with Crippen LogP contribution in [-0.4, -0.2) is 25.3 Å². The van der Waals surface area contributed by atoms with Crippen molar-refractivity contribution in [1.29, 1.82) is 0 Å². The van der Waals surface area contributed by atoms with Crippen molar-refractivity contribution >= 4 is 5.78 Å². The molecule has 1 atom stereocenters. The SMILES string of the molecule is CCOC1CC(=O)CCO1. The van der Waals surface area contributed by atoms with E-state index in [1.165, 1.54) is 0 Å². The highest BCUT2D eigenvalue weighted by Gasteiger charge is 2.19. The Morgan fingerprint density at radius 1 is 1.80 bits per heavy atom. The molecule has 3 nitrogen and oxygen atoms in total. The van der Waals surface area contributed by atoms with Crippen LogP contribution in [0.5, 0.6) is 0 Å². The van der Waals surface area contributed by atoms with E-state index in [2.05, 4.69) is 0 Å². The fraction of sp³-hybridized carbons (Fsp3) is 0.857. The Morgan fingerprint density at radius 2 is 2.60 bits per heavy atom. The number of hydrogen-bond donors (Lipinski definition) is 0. The van der Waals surface area contributed by atoms with Crippen LogP contribution in [-0.2, 0) is 14.3 Å². The lowest BCUT2D eigenvalue weighted by atomic mass is 10.2. The molecule has 0 aliphatic carbocycles. The van der Waals surface area contributed by atoms with Gasteiger partial charge in [-0.2, -0.15) is 0 Å². The Morgan fingerprint density at radius 3 is 3.20 bits per heavy atom. The predicted octanol–water partition coefficient (Wildman–Crippen LogP) is 0.729. The molecule has 0 spiro atoms. The predicted molar refractivity (Wildman–Crippen MR) is 35.6 cm³/mol. The zero-order valence-electron chi connectivity index (χ0n) is 6.13. The van der Waals surface area contributed by atoms with Crippen molar-refractivity contribution in [1.82, 2.24) is 0 Å². The molecular formula is C7H12O3. The van der Waals surface area contributed by atoms with E-state index in [-0.39, 0.29) is 12.1 Å². The van der Waals surface area contributed by atoms with Gasteiger partial charge in [0.25, 0.3) is 0 Å². The topological polar surface area (TPSA) is 35.5 Å². The summed E-state index contributed by atoms with van der Waals surface area (Å²) < 4.78 is 10.3. The Hall–Kier alpha value is -0.410. The Labute approximate surface area is 60.3 Å². The van der Waals surface area contributed by atoms with Gasteiger partial charge in [-0.15, -0.1) is 0 Å². The van der Waals surface area contributed by atoms with Crippen LogP contribution in [0.2, 0.25) is 0 Å². The van der Waals surface area contributed by atoms with Gasteiger partial charge in [0.15, 0.2) is 6.29 Å². The van der Waals surface area contributed by atoms with Gasteiger partial charge in [-0.3, -0.25) is 4.79 Å². The minimum atomic E-state index is -0.272. The van der Waals surface area contributed by atoms with Gasteiger partial charge in [0, 0.05) is 13.0 Å². The first kappa shape index (κ1) is 7.69. The van der Waals surface area contributed by atoms with Gasteiger partial charge < -0.3 is 9.47 Å². The fourth-order valence-corrected chi connectivity index (χ4v) is 0.944. The molecule has 3 heteroatoms. The van der Waals surface area contributed by atoms with Crippen LogP contribution in [0.25, 0.3) is 0 Å². The average Bonchev–Trinajstić information content (AvgIpc) is 1.88. The maximum Gasteiger partial charge on any atom is 0.164 e. The minimum Gasteiger partial charge on any atom is -0.352 e. The molecule has 0 aromatic carbocycles. The molecule has 0 aromatic heterocycles. The first-order valence-electron chi connectivity index (χ1n) is 3.58. The number of carbonyl (C=O) groups excluding carboxylic acids is 1. The number of rotatable bonds is 2. The summed E-state index contributed by atoms with van der Waals surface area (Å²) in [6.45, 7) is 3.02. The van der Waals surface area contributed by atoms with Crippen LogP contribution >= 0.6 is 0 Å². The molecule has 1 aliphatic heterocycles. The largest absolute Gasteiger partial charge is 0.352 e. The molecule has 1 heterocycles. The number of ether oxygens (including phenoxy) is 2. The van der Waals surface area contributed by atoms with E-state index >= 15 is 0 Å². The molecule has 0 bridgehead atoms. The molecule has 0 radical (unpaired) electrons. The van der Waals surface area contributed by atoms with Crippen molar-refractivity contribution in [2.45, 2.75) is 26.1 Å². The van der Waals surface area contributed by atoms with Crippen LogP contribution in [0.15, 0.2) is 0 Å². The summed E-state index contributed by atoms with van der Waals surface area (Å²) in [7, 11) is 0. The summed E-state index contributed by atoms with van der Waals surface area (Å²) in [6.07, 6.45) is 0.698. The molecule has 58 valence electrons. The van der Waals surface area contributed by atoms with Gasteiger partial charge in [0.2, 0.25) is 0 Å². The maximum absolute atomic E-state index is 10.8. The second-order valence-electron chi connectivity index (χ2n) is 2.25. The lowest BCUT2D eigenvalue weighted by Gasteiger charge is -2.20. The monoisotopic (exact) mass is 144 g/mol. The number of ketones is 1. The van der Waals surface area contributed by atoms with Crippen molar-refractivity contribution in [2.24, 2.45) is 0 Å². The van der Waals surface area contributed by atoms with E-state index in [4.69, 9.17) is 9.47 Å². The molecule has 0 amide bonds. The molecule has 1 aliphatic rings. The summed E-state index contributed by atoms with van der Waals surface area (Å²) in [5, 5.41) is 0. The number of Topliss-reactive ketones (excluding diaryl/α,β-unsaturated/α-hetero) is 1. The first-order chi connectivity index (χ1) is 4.83. The highest BCUT2D eigenvalue weighted by molar-refractivity contribution is 5.79. The van der Waals surface area contributed by atoms with E-state index in [0.29, 0.717) is 26.1 Å². The van der Waals surface area contributed by atoms with Crippen molar-refractivity contribution in [3.63, 3.8) is 0 Å². The molecule has 1 unspecified atom stereocenters. The summed E-state index contributed by atoms with van der Waals surface area (Å²) in [5.41, 5.74) is 0. The second-order valence-corrected chi connectivity index (χ2v) is 2.25. The first-order valence-corrected chi connectivity index (χ1v) is 3.58. The highest BCUT2D eigenvalue weighted by atomic mass is 16.7. The van der Waals surface area contributed by atoms with Crippen molar-refractivity contribution in [2.75, 3.05) is 13.2 Å². The van der Waals surface area contributed by atoms with E-state index in [1.54, 1.807) is 0 Å². The van der Waals surface area contributed by atoms with Crippen LogP contribution in [0.1, 0.15) is 19.8 Å². The zero-order valence-corrected chi connectivity index (χ0v) is 6.13. The number of carbonyl (C=O) groups is 1. The van der Waals surface area contributed by atoms with Gasteiger partial charge in [-0.25, -0.2) is 0 Å². The molecule has 0 saturated carbocycles. The smallest absolute Gasteiger partial charge is 0.164 e. The maximum atomic E-state index is 10.8. The highest BCUT2D eigenvalue weighted by Crippen LogP contribution is 2.09. The van der Waals surface area contributed by atoms with Gasteiger partial charge in [-0.05, 0) is 6.92 Å². The van der Waals surface area contributed by atoms with Crippen molar-refractivity contribution in [3.05, 3.63) is 0 Å². The van der Waals surface area contributed by atoms with Crippen LogP contribution in [0, 0.1) is 0 Å². The summed E-state index contributed by atoms with van der Waals surface area (Å²) in [4.78, 5) is 10.8. The third-order valence-corrected chi connectivity index (χ3v) is 1.43. The molecular weight excluding hydrogens is 132 g/mol.